The minimum Gasteiger partial charge on any atom is -0.512 e. The first kappa shape index (κ1) is 20.8. The monoisotopic (exact) mass is 345 g/mol. The Bertz CT molecular complexity index is 660. The molecule has 25 heavy (non-hydrogen) atoms. The third-order valence-electron chi connectivity index (χ3n) is 3.75. The molecule has 0 fully saturated rings. The molecule has 0 bridgehead atoms. The fraction of sp³-hybridized carbons (Fsp3) is 0.476. The van der Waals surface area contributed by atoms with Gasteiger partial charge in [-0.05, 0) is 57.7 Å². The summed E-state index contributed by atoms with van der Waals surface area (Å²) < 4.78 is 5.25. The summed E-state index contributed by atoms with van der Waals surface area (Å²) in [6.45, 7) is 13.8. The van der Waals surface area contributed by atoms with Crippen LogP contribution in [0.15, 0.2) is 41.7 Å². The first-order valence-electron chi connectivity index (χ1n) is 8.64. The second kappa shape index (κ2) is 8.75. The number of nitrogens with one attached hydrogen (secondary N) is 1. The summed E-state index contributed by atoms with van der Waals surface area (Å²) in [5.41, 5.74) is 3.34. The largest absolute Gasteiger partial charge is 0.512 e. The van der Waals surface area contributed by atoms with E-state index in [4.69, 9.17) is 4.74 Å². The Hall–Kier alpha value is -2.23. The smallest absolute Gasteiger partial charge is 0.407 e. The van der Waals surface area contributed by atoms with Gasteiger partial charge in [-0.2, -0.15) is 0 Å². The number of carbonyl (C=O) groups excluding carboxylic acids is 1. The molecule has 0 saturated heterocycles. The van der Waals surface area contributed by atoms with Crippen LogP contribution in [0.25, 0.3) is 5.57 Å². The van der Waals surface area contributed by atoms with Crippen LogP contribution in [0.1, 0.15) is 59.6 Å². The first-order valence-corrected chi connectivity index (χ1v) is 8.64. The van der Waals surface area contributed by atoms with Crippen LogP contribution < -0.4 is 5.32 Å². The molecule has 0 unspecified atom stereocenters. The van der Waals surface area contributed by atoms with Gasteiger partial charge in [0, 0.05) is 12.1 Å². The van der Waals surface area contributed by atoms with Crippen LogP contribution in [0.5, 0.6) is 0 Å². The van der Waals surface area contributed by atoms with Gasteiger partial charge in [-0.1, -0.05) is 43.7 Å². The molecule has 138 valence electrons. The number of hydrogen-bond donors (Lipinski definition) is 2. The van der Waals surface area contributed by atoms with Crippen LogP contribution in [-0.4, -0.2) is 16.8 Å². The Balaban J connectivity index is 2.95. The molecule has 1 rings (SSSR count). The Kier molecular flexibility index (Phi) is 7.28. The van der Waals surface area contributed by atoms with Crippen molar-refractivity contribution >= 4 is 11.7 Å². The second-order valence-electron chi connectivity index (χ2n) is 7.60. The molecule has 0 spiro atoms. The van der Waals surface area contributed by atoms with Crippen LogP contribution in [0.4, 0.5) is 4.79 Å². The third kappa shape index (κ3) is 7.46. The van der Waals surface area contributed by atoms with Gasteiger partial charge in [0.1, 0.15) is 5.60 Å². The summed E-state index contributed by atoms with van der Waals surface area (Å²) >= 11 is 0. The zero-order valence-corrected chi connectivity index (χ0v) is 16.4. The molecule has 1 amide bonds. The number of allylic oxidation sites excluding steroid dienone is 4. The average molecular weight is 345 g/mol. The number of aliphatic hydroxyl groups excluding tert-OH is 1. The maximum Gasteiger partial charge on any atom is 0.407 e. The molecule has 0 aliphatic carbocycles. The fourth-order valence-corrected chi connectivity index (χ4v) is 2.13. The summed E-state index contributed by atoms with van der Waals surface area (Å²) in [5, 5.41) is 12.8. The van der Waals surface area contributed by atoms with Crippen molar-refractivity contribution in [2.75, 3.05) is 0 Å². The van der Waals surface area contributed by atoms with E-state index in [0.717, 1.165) is 16.7 Å². The first-order chi connectivity index (χ1) is 11.5. The molecule has 2 N–H and O–H groups in total. The molecular weight excluding hydrogens is 314 g/mol. The van der Waals surface area contributed by atoms with Gasteiger partial charge < -0.3 is 15.2 Å². The predicted octanol–water partition coefficient (Wildman–Crippen LogP) is 5.60. The molecule has 0 radical (unpaired) electrons. The second-order valence-corrected chi connectivity index (χ2v) is 7.60. The maximum absolute atomic E-state index is 11.8. The SMILES string of the molecule is C/C(=C/C(=C(\C)O)c1cccc(CNC(=O)OC(C)(C)C)c1)C(C)C. The molecular formula is C21H31NO3. The highest BCUT2D eigenvalue weighted by Crippen LogP contribution is 2.24. The normalized spacial score (nSPS) is 13.5. The predicted molar refractivity (Wildman–Crippen MR) is 103 cm³/mol. The lowest BCUT2D eigenvalue weighted by Gasteiger charge is -2.19. The lowest BCUT2D eigenvalue weighted by atomic mass is 9.96. The van der Waals surface area contributed by atoms with Gasteiger partial charge in [0.05, 0.1) is 5.76 Å². The van der Waals surface area contributed by atoms with Crippen molar-refractivity contribution in [2.24, 2.45) is 5.92 Å². The molecule has 0 saturated carbocycles. The Morgan fingerprint density at radius 2 is 1.92 bits per heavy atom. The highest BCUT2D eigenvalue weighted by Gasteiger charge is 2.15. The van der Waals surface area contributed by atoms with E-state index in [9.17, 15) is 9.90 Å². The van der Waals surface area contributed by atoms with Crippen molar-refractivity contribution in [1.82, 2.24) is 5.32 Å². The van der Waals surface area contributed by atoms with E-state index in [1.807, 2.05) is 51.1 Å². The van der Waals surface area contributed by atoms with Gasteiger partial charge in [-0.3, -0.25) is 0 Å². The number of rotatable bonds is 5. The number of amides is 1. The molecule has 0 aromatic heterocycles. The van der Waals surface area contributed by atoms with Crippen LogP contribution in [0.2, 0.25) is 0 Å². The van der Waals surface area contributed by atoms with Crippen LogP contribution in [0.3, 0.4) is 0 Å². The highest BCUT2D eigenvalue weighted by atomic mass is 16.6. The zero-order chi connectivity index (χ0) is 19.2. The van der Waals surface area contributed by atoms with E-state index in [2.05, 4.69) is 26.1 Å². The summed E-state index contributed by atoms with van der Waals surface area (Å²) in [4.78, 5) is 11.8. The Morgan fingerprint density at radius 3 is 2.44 bits per heavy atom. The van der Waals surface area contributed by atoms with Crippen LogP contribution in [-0.2, 0) is 11.3 Å². The van der Waals surface area contributed by atoms with E-state index in [0.29, 0.717) is 12.5 Å². The third-order valence-corrected chi connectivity index (χ3v) is 3.75. The molecule has 0 heterocycles. The standard InChI is InChI=1S/C21H31NO3/c1-14(2)15(3)11-19(16(4)23)18-10-8-9-17(12-18)13-22-20(24)25-21(5,6)7/h8-12,14,23H,13H2,1-7H3,(H,22,24)/b15-11-,19-16-. The average Bonchev–Trinajstić information content (AvgIpc) is 2.48. The Morgan fingerprint density at radius 1 is 1.28 bits per heavy atom. The molecule has 1 aromatic rings. The lowest BCUT2D eigenvalue weighted by Crippen LogP contribution is -2.32. The van der Waals surface area contributed by atoms with Crippen LogP contribution >= 0.6 is 0 Å². The van der Waals surface area contributed by atoms with E-state index in [1.54, 1.807) is 6.92 Å². The van der Waals surface area contributed by atoms with Crippen molar-refractivity contribution in [3.63, 3.8) is 0 Å². The lowest BCUT2D eigenvalue weighted by molar-refractivity contribution is 0.0523. The van der Waals surface area contributed by atoms with Crippen molar-refractivity contribution in [2.45, 2.75) is 60.6 Å². The van der Waals surface area contributed by atoms with E-state index < -0.39 is 11.7 Å². The topological polar surface area (TPSA) is 58.6 Å². The number of benzene rings is 1. The quantitative estimate of drug-likeness (QED) is 0.539. The summed E-state index contributed by atoms with van der Waals surface area (Å²) in [7, 11) is 0. The van der Waals surface area contributed by atoms with Crippen molar-refractivity contribution in [3.8, 4) is 0 Å². The zero-order valence-electron chi connectivity index (χ0n) is 16.4. The van der Waals surface area contributed by atoms with E-state index in [-0.39, 0.29) is 5.76 Å². The molecule has 0 aliphatic heterocycles. The summed E-state index contributed by atoms with van der Waals surface area (Å²) in [6.07, 6.45) is 1.57. The van der Waals surface area contributed by atoms with Gasteiger partial charge in [0.15, 0.2) is 0 Å². The maximum atomic E-state index is 11.8. The highest BCUT2D eigenvalue weighted by molar-refractivity contribution is 5.76. The molecule has 0 atom stereocenters. The molecule has 4 heteroatoms. The molecule has 4 nitrogen and oxygen atoms in total. The van der Waals surface area contributed by atoms with Crippen molar-refractivity contribution in [1.29, 1.82) is 0 Å². The Labute approximate surface area is 151 Å². The fourth-order valence-electron chi connectivity index (χ4n) is 2.13. The van der Waals surface area contributed by atoms with Crippen molar-refractivity contribution in [3.05, 3.63) is 52.8 Å². The van der Waals surface area contributed by atoms with E-state index in [1.165, 1.54) is 5.57 Å². The van der Waals surface area contributed by atoms with Gasteiger partial charge in [-0.15, -0.1) is 0 Å². The van der Waals surface area contributed by atoms with Gasteiger partial charge in [-0.25, -0.2) is 4.79 Å². The number of alkyl carbamates (subject to hydrolysis) is 1. The molecule has 1 aromatic carbocycles. The minimum absolute atomic E-state index is 0.275. The number of aliphatic hydroxyl groups is 1. The van der Waals surface area contributed by atoms with E-state index >= 15 is 0 Å². The van der Waals surface area contributed by atoms with Gasteiger partial charge in [0.2, 0.25) is 0 Å². The van der Waals surface area contributed by atoms with Crippen molar-refractivity contribution < 1.29 is 14.6 Å². The van der Waals surface area contributed by atoms with Crippen LogP contribution in [0, 0.1) is 5.92 Å². The minimum atomic E-state index is -0.519. The molecule has 0 aliphatic rings. The van der Waals surface area contributed by atoms with Gasteiger partial charge in [0.25, 0.3) is 0 Å². The number of hydrogen-bond acceptors (Lipinski definition) is 3. The number of ether oxygens (including phenoxy) is 1. The van der Waals surface area contributed by atoms with Gasteiger partial charge >= 0.3 is 6.09 Å². The number of carbonyl (C=O) groups is 1. The summed E-state index contributed by atoms with van der Waals surface area (Å²) in [6, 6.07) is 7.78. The summed E-state index contributed by atoms with van der Waals surface area (Å²) in [5.74, 6) is 0.684.